The van der Waals surface area contributed by atoms with E-state index in [1.807, 2.05) is 0 Å². The molecule has 17 heavy (non-hydrogen) atoms. The van der Waals surface area contributed by atoms with Crippen molar-refractivity contribution in [2.24, 2.45) is 5.73 Å². The van der Waals surface area contributed by atoms with Gasteiger partial charge >= 0.3 is 5.97 Å². The molecular formula is C12H13NO4. The van der Waals surface area contributed by atoms with Crippen LogP contribution in [0.3, 0.4) is 0 Å². The van der Waals surface area contributed by atoms with Crippen molar-refractivity contribution in [1.29, 1.82) is 0 Å². The van der Waals surface area contributed by atoms with Crippen molar-refractivity contribution in [2.45, 2.75) is 6.04 Å². The van der Waals surface area contributed by atoms with E-state index in [2.05, 4.69) is 0 Å². The summed E-state index contributed by atoms with van der Waals surface area (Å²) in [6.45, 7) is 1.05. The van der Waals surface area contributed by atoms with Crippen LogP contribution in [0.4, 0.5) is 0 Å². The fourth-order valence-electron chi connectivity index (χ4n) is 1.56. The molecule has 0 saturated heterocycles. The molecule has 3 N–H and O–H groups in total. The van der Waals surface area contributed by atoms with E-state index in [0.717, 1.165) is 11.6 Å². The van der Waals surface area contributed by atoms with Crippen molar-refractivity contribution in [3.05, 3.63) is 35.9 Å². The van der Waals surface area contributed by atoms with Crippen LogP contribution in [0.25, 0.3) is 0 Å². The van der Waals surface area contributed by atoms with Gasteiger partial charge in [-0.15, -0.1) is 0 Å². The van der Waals surface area contributed by atoms with Crippen molar-refractivity contribution < 1.29 is 19.4 Å². The Balaban J connectivity index is 2.18. The van der Waals surface area contributed by atoms with Gasteiger partial charge in [-0.05, 0) is 17.7 Å². The molecule has 1 aliphatic rings. The normalized spacial score (nSPS) is 15.8. The summed E-state index contributed by atoms with van der Waals surface area (Å²) in [5.74, 6) is 0.320. The fourth-order valence-corrected chi connectivity index (χ4v) is 1.56. The van der Waals surface area contributed by atoms with E-state index in [0.29, 0.717) is 24.7 Å². The maximum absolute atomic E-state index is 10.4. The molecule has 0 aliphatic carbocycles. The molecule has 1 heterocycles. The highest BCUT2D eigenvalue weighted by atomic mass is 16.6. The first-order chi connectivity index (χ1) is 8.16. The number of carboxylic acid groups (broad SMARTS) is 1. The molecular weight excluding hydrogens is 222 g/mol. The Bertz CT molecular complexity index is 456. The Hall–Kier alpha value is -2.01. The minimum absolute atomic E-state index is 0.470. The van der Waals surface area contributed by atoms with Gasteiger partial charge in [-0.1, -0.05) is 12.1 Å². The average Bonchev–Trinajstić information content (AvgIpc) is 2.35. The highest BCUT2D eigenvalue weighted by Gasteiger charge is 2.13. The summed E-state index contributed by atoms with van der Waals surface area (Å²) in [6, 6.07) is 4.87. The maximum atomic E-state index is 10.4. The van der Waals surface area contributed by atoms with Crippen molar-refractivity contribution in [2.75, 3.05) is 13.2 Å². The molecule has 0 radical (unpaired) electrons. The van der Waals surface area contributed by atoms with Crippen LogP contribution in [0, 0.1) is 0 Å². The molecule has 0 spiro atoms. The molecule has 0 fully saturated rings. The third kappa shape index (κ3) is 2.76. The zero-order valence-electron chi connectivity index (χ0n) is 9.13. The Labute approximate surface area is 98.4 Å². The average molecular weight is 235 g/mol. The third-order valence-corrected chi connectivity index (χ3v) is 2.40. The lowest BCUT2D eigenvalue weighted by atomic mass is 10.1. The maximum Gasteiger partial charge on any atom is 0.328 e. The number of aliphatic carboxylic acids is 1. The second-order valence-corrected chi connectivity index (χ2v) is 3.63. The number of ether oxygens (including phenoxy) is 2. The van der Waals surface area contributed by atoms with Gasteiger partial charge in [0.2, 0.25) is 0 Å². The quantitative estimate of drug-likeness (QED) is 0.766. The summed E-state index contributed by atoms with van der Waals surface area (Å²) in [4.78, 5) is 10.4. The van der Waals surface area contributed by atoms with Crippen molar-refractivity contribution in [3.8, 4) is 11.5 Å². The molecule has 5 nitrogen and oxygen atoms in total. The summed E-state index contributed by atoms with van der Waals surface area (Å²) in [7, 11) is 0. The van der Waals surface area contributed by atoms with E-state index in [1.165, 1.54) is 6.08 Å². The van der Waals surface area contributed by atoms with Gasteiger partial charge in [0.15, 0.2) is 11.5 Å². The van der Waals surface area contributed by atoms with E-state index >= 15 is 0 Å². The van der Waals surface area contributed by atoms with Crippen LogP contribution in [0.5, 0.6) is 11.5 Å². The zero-order chi connectivity index (χ0) is 12.3. The predicted octanol–water partition coefficient (Wildman–Crippen LogP) is 1.10. The lowest BCUT2D eigenvalue weighted by molar-refractivity contribution is -0.131. The van der Waals surface area contributed by atoms with Gasteiger partial charge in [-0.3, -0.25) is 0 Å². The van der Waals surface area contributed by atoms with E-state index in [-0.39, 0.29) is 0 Å². The van der Waals surface area contributed by atoms with Crippen molar-refractivity contribution in [3.63, 3.8) is 0 Å². The Kier molecular flexibility index (Phi) is 3.30. The number of carboxylic acids is 1. The molecule has 2 rings (SSSR count). The number of rotatable bonds is 3. The lowest BCUT2D eigenvalue weighted by Gasteiger charge is -2.19. The third-order valence-electron chi connectivity index (χ3n) is 2.40. The Morgan fingerprint density at radius 2 is 2.06 bits per heavy atom. The van der Waals surface area contributed by atoms with Gasteiger partial charge in [-0.25, -0.2) is 4.79 Å². The number of benzene rings is 1. The van der Waals surface area contributed by atoms with Crippen LogP contribution in [-0.2, 0) is 4.79 Å². The largest absolute Gasteiger partial charge is 0.486 e. The SMILES string of the molecule is NC(/C=C/C(=O)O)c1ccc2c(c1)OCCO2. The van der Waals surface area contributed by atoms with Crippen LogP contribution < -0.4 is 15.2 Å². The van der Waals surface area contributed by atoms with Crippen LogP contribution >= 0.6 is 0 Å². The van der Waals surface area contributed by atoms with Crippen LogP contribution in [0.15, 0.2) is 30.4 Å². The minimum Gasteiger partial charge on any atom is -0.486 e. The standard InChI is InChI=1S/C12H13NO4/c13-9(2-4-12(14)15)8-1-3-10-11(7-8)17-6-5-16-10/h1-4,7,9H,5-6,13H2,(H,14,15)/b4-2+. The summed E-state index contributed by atoms with van der Waals surface area (Å²) in [6.07, 6.45) is 2.45. The number of carbonyl (C=O) groups is 1. The molecule has 5 heteroatoms. The highest BCUT2D eigenvalue weighted by Crippen LogP contribution is 2.32. The summed E-state index contributed by atoms with van der Waals surface area (Å²) in [5.41, 5.74) is 6.61. The number of hydrogen-bond acceptors (Lipinski definition) is 4. The van der Waals surface area contributed by atoms with E-state index in [4.69, 9.17) is 20.3 Å². The molecule has 90 valence electrons. The van der Waals surface area contributed by atoms with Crippen molar-refractivity contribution >= 4 is 5.97 Å². The second kappa shape index (κ2) is 4.88. The molecule has 0 saturated carbocycles. The smallest absolute Gasteiger partial charge is 0.328 e. The lowest BCUT2D eigenvalue weighted by Crippen LogP contribution is -2.16. The molecule has 1 unspecified atom stereocenters. The molecule has 1 atom stereocenters. The number of nitrogens with two attached hydrogens (primary N) is 1. The molecule has 1 aliphatic heterocycles. The summed E-state index contributed by atoms with van der Waals surface area (Å²) in [5, 5.41) is 8.51. The van der Waals surface area contributed by atoms with E-state index in [1.54, 1.807) is 18.2 Å². The van der Waals surface area contributed by atoms with Gasteiger partial charge in [-0.2, -0.15) is 0 Å². The Morgan fingerprint density at radius 3 is 2.76 bits per heavy atom. The fraction of sp³-hybridized carbons (Fsp3) is 0.250. The molecule has 1 aromatic rings. The summed E-state index contributed by atoms with van der Waals surface area (Å²) < 4.78 is 10.8. The van der Waals surface area contributed by atoms with E-state index in [9.17, 15) is 4.79 Å². The van der Waals surface area contributed by atoms with Crippen LogP contribution in [0.2, 0.25) is 0 Å². The zero-order valence-corrected chi connectivity index (χ0v) is 9.13. The molecule has 0 bridgehead atoms. The Morgan fingerprint density at radius 1 is 1.35 bits per heavy atom. The number of fused-ring (bicyclic) bond motifs is 1. The van der Waals surface area contributed by atoms with Crippen LogP contribution in [0.1, 0.15) is 11.6 Å². The van der Waals surface area contributed by atoms with Crippen molar-refractivity contribution in [1.82, 2.24) is 0 Å². The molecule has 1 aromatic carbocycles. The second-order valence-electron chi connectivity index (χ2n) is 3.63. The predicted molar refractivity (Wildman–Crippen MR) is 61.1 cm³/mol. The monoisotopic (exact) mass is 235 g/mol. The van der Waals surface area contributed by atoms with Gasteiger partial charge < -0.3 is 20.3 Å². The van der Waals surface area contributed by atoms with Gasteiger partial charge in [0.1, 0.15) is 13.2 Å². The van der Waals surface area contributed by atoms with E-state index < -0.39 is 12.0 Å². The topological polar surface area (TPSA) is 81.8 Å². The molecule has 0 amide bonds. The first-order valence-electron chi connectivity index (χ1n) is 5.23. The van der Waals surface area contributed by atoms with Crippen LogP contribution in [-0.4, -0.2) is 24.3 Å². The highest BCUT2D eigenvalue weighted by molar-refractivity contribution is 5.79. The minimum atomic E-state index is -1.02. The number of hydrogen-bond donors (Lipinski definition) is 2. The van der Waals surface area contributed by atoms with Gasteiger partial charge in [0.05, 0.1) is 0 Å². The first-order valence-corrected chi connectivity index (χ1v) is 5.23. The first kappa shape index (κ1) is 11.5. The summed E-state index contributed by atoms with van der Waals surface area (Å²) >= 11 is 0. The molecule has 0 aromatic heterocycles. The van der Waals surface area contributed by atoms with Gasteiger partial charge in [0.25, 0.3) is 0 Å². The van der Waals surface area contributed by atoms with Gasteiger partial charge in [0, 0.05) is 12.1 Å².